The van der Waals surface area contributed by atoms with Crippen LogP contribution in [-0.4, -0.2) is 18.8 Å². The Balaban J connectivity index is 0.00000396. The van der Waals surface area contributed by atoms with Crippen molar-refractivity contribution < 1.29 is 25.8 Å². The van der Waals surface area contributed by atoms with Gasteiger partial charge in [0, 0.05) is 39.9 Å². The summed E-state index contributed by atoms with van der Waals surface area (Å²) in [5.41, 5.74) is 13.7. The summed E-state index contributed by atoms with van der Waals surface area (Å²) in [6.07, 6.45) is 2.16. The molecule has 0 fully saturated rings. The molecule has 0 atom stereocenters. The fourth-order valence-electron chi connectivity index (χ4n) is 8.72. The van der Waals surface area contributed by atoms with E-state index in [-0.39, 0.29) is 21.1 Å². The van der Waals surface area contributed by atoms with Crippen LogP contribution in [0.3, 0.4) is 0 Å². The number of fused-ring (bicyclic) bond motifs is 12. The molecule has 6 heteroatoms. The van der Waals surface area contributed by atoms with Gasteiger partial charge in [-0.15, -0.1) is 12.1 Å². The zero-order valence-corrected chi connectivity index (χ0v) is 33.7. The van der Waals surface area contributed by atoms with Gasteiger partial charge in [-0.05, 0) is 60.4 Å². The average Bonchev–Trinajstić information content (AvgIpc) is 3.85. The molecule has 11 rings (SSSR count). The largest absolute Gasteiger partial charge is 2.00 e. The number of aromatic nitrogens is 4. The summed E-state index contributed by atoms with van der Waals surface area (Å²) in [5.74, 6) is 1.18. The molecule has 7 aromatic carbocycles. The van der Waals surface area contributed by atoms with Gasteiger partial charge in [-0.2, -0.15) is 0 Å². The van der Waals surface area contributed by atoms with Gasteiger partial charge in [0.2, 0.25) is 0 Å². The van der Waals surface area contributed by atoms with Gasteiger partial charge in [0.15, 0.2) is 0 Å². The number of nitrogens with zero attached hydrogens (tertiary/aromatic N) is 4. The van der Waals surface area contributed by atoms with E-state index in [1.807, 2.05) is 18.2 Å². The van der Waals surface area contributed by atoms with Crippen molar-refractivity contribution in [3.63, 3.8) is 0 Å². The van der Waals surface area contributed by atoms with Crippen molar-refractivity contribution in [3.05, 3.63) is 181 Å². The van der Waals surface area contributed by atoms with Crippen molar-refractivity contribution in [1.29, 1.82) is 0 Å². The molecule has 0 radical (unpaired) electrons. The molecule has 0 saturated heterocycles. The molecule has 0 N–H and O–H groups in total. The van der Waals surface area contributed by atoms with Crippen molar-refractivity contribution in [2.24, 2.45) is 0 Å². The third-order valence-electron chi connectivity index (χ3n) is 11.0. The minimum Gasteiger partial charge on any atom is -0.497 e. The first-order chi connectivity index (χ1) is 27.5. The number of hydrogen-bond donors (Lipinski definition) is 0. The van der Waals surface area contributed by atoms with Crippen LogP contribution in [0.2, 0.25) is 0 Å². The molecular formula is C51H34N4OPt. The van der Waals surface area contributed by atoms with Gasteiger partial charge >= 0.3 is 21.1 Å². The van der Waals surface area contributed by atoms with E-state index in [9.17, 15) is 0 Å². The molecule has 0 aliphatic carbocycles. The van der Waals surface area contributed by atoms with Crippen LogP contribution in [0.1, 0.15) is 16.7 Å². The van der Waals surface area contributed by atoms with Crippen molar-refractivity contribution >= 4 is 54.6 Å². The summed E-state index contributed by atoms with van der Waals surface area (Å²) in [5, 5.41) is 6.17. The Bertz CT molecular complexity index is 3340. The number of imidazole rings is 2. The van der Waals surface area contributed by atoms with E-state index in [0.29, 0.717) is 11.5 Å². The Labute approximate surface area is 344 Å². The van der Waals surface area contributed by atoms with E-state index in [4.69, 9.17) is 14.7 Å². The molecular weight excluding hydrogens is 880 g/mol. The Morgan fingerprint density at radius 3 is 1.72 bits per heavy atom. The fourth-order valence-corrected chi connectivity index (χ4v) is 8.72. The Kier molecular flexibility index (Phi) is 8.32. The summed E-state index contributed by atoms with van der Waals surface area (Å²) in [6.45, 7) is 6.47. The van der Waals surface area contributed by atoms with Crippen LogP contribution >= 0.6 is 0 Å². The smallest absolute Gasteiger partial charge is 0.497 e. The number of pyridine rings is 2. The van der Waals surface area contributed by atoms with Crippen LogP contribution in [-0.2, 0) is 21.1 Å². The quantitative estimate of drug-likeness (QED) is 0.128. The van der Waals surface area contributed by atoms with Crippen LogP contribution in [0, 0.1) is 32.9 Å². The number of hydrogen-bond acceptors (Lipinski definition) is 3. The van der Waals surface area contributed by atoms with Crippen molar-refractivity contribution in [3.8, 4) is 45.3 Å². The van der Waals surface area contributed by atoms with Gasteiger partial charge in [0.25, 0.3) is 0 Å². The molecule has 0 aliphatic heterocycles. The molecule has 4 heterocycles. The van der Waals surface area contributed by atoms with Crippen LogP contribution in [0.5, 0.6) is 11.5 Å². The molecule has 5 nitrogen and oxygen atoms in total. The Morgan fingerprint density at radius 1 is 0.526 bits per heavy atom. The number of benzene rings is 7. The minimum atomic E-state index is 0. The third kappa shape index (κ3) is 5.56. The standard InChI is InChI=1S/C51H34N4O.Pt/c1-31-26-32(2)47(33(3)27-31)44-30-54-45-20-12-10-18-40(45)38-24-22-36(28-42(38)50(54)52-44)56-37-23-25-39-41-19-11-13-21-46(41)55-49(35-16-8-5-9-17-35)48(34-14-6-4-7-15-34)53-51(55)43(39)29-37;/h4-27,30H,1-3H3;/q-2;+2. The number of aryl methyl sites for hydroxylation is 3. The van der Waals surface area contributed by atoms with Gasteiger partial charge in [0.05, 0.1) is 28.4 Å². The van der Waals surface area contributed by atoms with E-state index >= 15 is 0 Å². The molecule has 11 aromatic rings. The second-order valence-corrected chi connectivity index (χ2v) is 14.7. The zero-order chi connectivity index (χ0) is 37.5. The number of rotatable bonds is 5. The van der Waals surface area contributed by atoms with E-state index < -0.39 is 0 Å². The molecule has 0 amide bonds. The van der Waals surface area contributed by atoms with Gasteiger partial charge in [-0.25, -0.2) is 0 Å². The van der Waals surface area contributed by atoms with Crippen LogP contribution in [0.15, 0.2) is 152 Å². The van der Waals surface area contributed by atoms with Crippen LogP contribution < -0.4 is 4.74 Å². The average molecular weight is 914 g/mol. The maximum atomic E-state index is 6.68. The van der Waals surface area contributed by atoms with Crippen LogP contribution in [0.4, 0.5) is 0 Å². The Hall–Kier alpha value is -6.55. The maximum Gasteiger partial charge on any atom is 2.00 e. The van der Waals surface area contributed by atoms with Gasteiger partial charge < -0.3 is 13.5 Å². The van der Waals surface area contributed by atoms with Gasteiger partial charge in [-0.1, -0.05) is 161 Å². The summed E-state index contributed by atoms with van der Waals surface area (Å²) >= 11 is 0. The molecule has 0 unspecified atom stereocenters. The fraction of sp³-hybridized carbons (Fsp3) is 0.0588. The second kappa shape index (κ2) is 13.6. The Morgan fingerprint density at radius 2 is 1.07 bits per heavy atom. The molecule has 0 spiro atoms. The molecule has 274 valence electrons. The van der Waals surface area contributed by atoms with Gasteiger partial charge in [0.1, 0.15) is 0 Å². The summed E-state index contributed by atoms with van der Waals surface area (Å²) in [4.78, 5) is 10.7. The predicted molar refractivity (Wildman–Crippen MR) is 229 cm³/mol. The SMILES string of the molecule is Cc1cc(C)c(-c2cn3c4ccccc4c4ccc(Oc5[c-]c6c(cc5)c5ccccc5n5c(-c7ccccc7)c(-c7ccccc7)nc65)[c-]c4c3n2)c(C)c1.[Pt+2]. The molecule has 57 heavy (non-hydrogen) atoms. The monoisotopic (exact) mass is 913 g/mol. The van der Waals surface area contributed by atoms with E-state index in [0.717, 1.165) is 82.9 Å². The first-order valence-corrected chi connectivity index (χ1v) is 18.9. The minimum absolute atomic E-state index is 0. The molecule has 0 aliphatic rings. The first kappa shape index (κ1) is 34.9. The van der Waals surface area contributed by atoms with Crippen molar-refractivity contribution in [2.45, 2.75) is 20.8 Å². The topological polar surface area (TPSA) is 43.8 Å². The van der Waals surface area contributed by atoms with Crippen molar-refractivity contribution in [1.82, 2.24) is 18.8 Å². The zero-order valence-electron chi connectivity index (χ0n) is 31.4. The van der Waals surface area contributed by atoms with Crippen molar-refractivity contribution in [2.75, 3.05) is 0 Å². The number of para-hydroxylation sites is 2. The number of ether oxygens (including phenoxy) is 1. The first-order valence-electron chi connectivity index (χ1n) is 18.9. The maximum absolute atomic E-state index is 6.68. The predicted octanol–water partition coefficient (Wildman–Crippen LogP) is 12.9. The third-order valence-corrected chi connectivity index (χ3v) is 11.0. The summed E-state index contributed by atoms with van der Waals surface area (Å²) < 4.78 is 11.2. The van der Waals surface area contributed by atoms with E-state index in [1.54, 1.807) is 0 Å². The normalized spacial score (nSPS) is 11.6. The second-order valence-electron chi connectivity index (χ2n) is 14.7. The summed E-state index contributed by atoms with van der Waals surface area (Å²) in [7, 11) is 0. The molecule has 0 saturated carbocycles. The van der Waals surface area contributed by atoms with E-state index in [1.165, 1.54) is 22.3 Å². The van der Waals surface area contributed by atoms with E-state index in [2.05, 4.69) is 175 Å². The van der Waals surface area contributed by atoms with Gasteiger partial charge in [-0.3, -0.25) is 9.97 Å². The summed E-state index contributed by atoms with van der Waals surface area (Å²) in [6, 6.07) is 57.9. The molecule has 4 aromatic heterocycles. The van der Waals surface area contributed by atoms with Crippen LogP contribution in [0.25, 0.3) is 88.4 Å². The molecule has 0 bridgehead atoms.